The van der Waals surface area contributed by atoms with E-state index in [0.717, 1.165) is 6.42 Å². The minimum absolute atomic E-state index is 0.222. The van der Waals surface area contributed by atoms with E-state index in [9.17, 15) is 5.11 Å². The van der Waals surface area contributed by atoms with Crippen molar-refractivity contribution in [1.82, 2.24) is 0 Å². The first-order chi connectivity index (χ1) is 5.36. The molecule has 0 aliphatic heterocycles. The predicted molar refractivity (Wildman–Crippen MR) is 46.8 cm³/mol. The lowest BCUT2D eigenvalue weighted by Crippen LogP contribution is -1.99. The van der Waals surface area contributed by atoms with Gasteiger partial charge in [-0.05, 0) is 28.8 Å². The van der Waals surface area contributed by atoms with E-state index in [2.05, 4.69) is 22.9 Å². The molecule has 2 heteroatoms. The highest BCUT2D eigenvalue weighted by molar-refractivity contribution is 7.07. The lowest BCUT2D eigenvalue weighted by atomic mass is 10.0. The van der Waals surface area contributed by atoms with Crippen LogP contribution in [0.4, 0.5) is 0 Å². The molecule has 58 valence electrons. The highest BCUT2D eigenvalue weighted by atomic mass is 32.1. The average Bonchev–Trinajstić information content (AvgIpc) is 2.55. The minimum atomic E-state index is -0.222. The van der Waals surface area contributed by atoms with E-state index in [0.29, 0.717) is 5.92 Å². The van der Waals surface area contributed by atoms with Gasteiger partial charge in [0.1, 0.15) is 0 Å². The van der Waals surface area contributed by atoms with Gasteiger partial charge in [-0.1, -0.05) is 12.2 Å². The Kier molecular flexibility index (Phi) is 1.80. The van der Waals surface area contributed by atoms with Gasteiger partial charge in [0.2, 0.25) is 0 Å². The summed E-state index contributed by atoms with van der Waals surface area (Å²) in [6.45, 7) is 0. The van der Waals surface area contributed by atoms with E-state index < -0.39 is 0 Å². The molecule has 0 unspecified atom stereocenters. The molecule has 1 N–H and O–H groups in total. The molecule has 0 saturated carbocycles. The first kappa shape index (κ1) is 7.07. The minimum Gasteiger partial charge on any atom is -0.389 e. The van der Waals surface area contributed by atoms with Gasteiger partial charge in [0.25, 0.3) is 0 Å². The third-order valence-electron chi connectivity index (χ3n) is 2.03. The van der Waals surface area contributed by atoms with Crippen LogP contribution >= 0.6 is 11.3 Å². The summed E-state index contributed by atoms with van der Waals surface area (Å²) in [4.78, 5) is 0. The van der Waals surface area contributed by atoms with Crippen LogP contribution in [0.5, 0.6) is 0 Å². The number of hydrogen-bond acceptors (Lipinski definition) is 2. The van der Waals surface area contributed by atoms with Crippen LogP contribution in [0.1, 0.15) is 17.9 Å². The molecule has 1 aromatic heterocycles. The summed E-state index contributed by atoms with van der Waals surface area (Å²) >= 11 is 1.71. The van der Waals surface area contributed by atoms with Crippen LogP contribution in [0, 0.1) is 0 Å². The first-order valence-corrected chi connectivity index (χ1v) is 4.69. The molecule has 1 heterocycles. The number of rotatable bonds is 1. The Morgan fingerprint density at radius 3 is 2.91 bits per heavy atom. The molecule has 0 saturated heterocycles. The molecule has 1 aliphatic rings. The third kappa shape index (κ3) is 1.37. The summed E-state index contributed by atoms with van der Waals surface area (Å²) in [5, 5.41) is 13.4. The summed E-state index contributed by atoms with van der Waals surface area (Å²) in [7, 11) is 0. The van der Waals surface area contributed by atoms with Crippen LogP contribution in [-0.2, 0) is 0 Å². The fraction of sp³-hybridized carbons (Fsp3) is 0.333. The average molecular weight is 166 g/mol. The maximum Gasteiger partial charge on any atom is 0.0730 e. The van der Waals surface area contributed by atoms with Crippen molar-refractivity contribution < 1.29 is 5.11 Å². The molecule has 0 amide bonds. The number of aliphatic hydroxyl groups is 1. The van der Waals surface area contributed by atoms with Crippen molar-refractivity contribution in [2.24, 2.45) is 0 Å². The van der Waals surface area contributed by atoms with E-state index in [4.69, 9.17) is 0 Å². The molecule has 11 heavy (non-hydrogen) atoms. The molecule has 1 nitrogen and oxygen atoms in total. The summed E-state index contributed by atoms with van der Waals surface area (Å²) < 4.78 is 0. The van der Waals surface area contributed by atoms with Crippen LogP contribution < -0.4 is 0 Å². The molecule has 0 bridgehead atoms. The summed E-state index contributed by atoms with van der Waals surface area (Å²) in [5.41, 5.74) is 1.34. The lowest BCUT2D eigenvalue weighted by Gasteiger charge is -2.04. The van der Waals surface area contributed by atoms with Crippen molar-refractivity contribution in [2.75, 3.05) is 0 Å². The predicted octanol–water partition coefficient (Wildman–Crippen LogP) is 2.15. The fourth-order valence-electron chi connectivity index (χ4n) is 1.41. The zero-order valence-corrected chi connectivity index (χ0v) is 6.92. The molecule has 1 aromatic rings. The van der Waals surface area contributed by atoms with E-state index in [1.54, 1.807) is 11.3 Å². The standard InChI is InChI=1S/C9H10OS/c10-9-2-1-7(5-9)8-3-4-11-6-8/h1-4,6-7,9-10H,5H2/t7-,9-/m0/s1. The van der Waals surface area contributed by atoms with Gasteiger partial charge in [-0.2, -0.15) is 11.3 Å². The molecule has 0 fully saturated rings. The highest BCUT2D eigenvalue weighted by Gasteiger charge is 2.17. The second-order valence-electron chi connectivity index (χ2n) is 2.85. The zero-order valence-electron chi connectivity index (χ0n) is 6.10. The van der Waals surface area contributed by atoms with Gasteiger partial charge in [-0.3, -0.25) is 0 Å². The second-order valence-corrected chi connectivity index (χ2v) is 3.63. The maximum absolute atomic E-state index is 9.22. The summed E-state index contributed by atoms with van der Waals surface area (Å²) in [6, 6.07) is 2.12. The summed E-state index contributed by atoms with van der Waals surface area (Å²) in [5.74, 6) is 0.455. The molecule has 0 aromatic carbocycles. The van der Waals surface area contributed by atoms with Gasteiger partial charge in [0, 0.05) is 5.92 Å². The SMILES string of the molecule is O[C@H]1C=C[C@H](c2ccsc2)C1. The van der Waals surface area contributed by atoms with Gasteiger partial charge in [-0.15, -0.1) is 0 Å². The Morgan fingerprint density at radius 1 is 1.45 bits per heavy atom. The normalized spacial score (nSPS) is 29.5. The van der Waals surface area contributed by atoms with Crippen molar-refractivity contribution in [3.63, 3.8) is 0 Å². The van der Waals surface area contributed by atoms with Crippen LogP contribution in [0.25, 0.3) is 0 Å². The Hall–Kier alpha value is -0.600. The van der Waals surface area contributed by atoms with E-state index in [1.165, 1.54) is 5.56 Å². The van der Waals surface area contributed by atoms with Gasteiger partial charge in [0.05, 0.1) is 6.10 Å². The van der Waals surface area contributed by atoms with Crippen molar-refractivity contribution in [2.45, 2.75) is 18.4 Å². The number of hydrogen-bond donors (Lipinski definition) is 1. The summed E-state index contributed by atoms with van der Waals surface area (Å²) in [6.07, 6.45) is 4.60. The maximum atomic E-state index is 9.22. The molecule has 0 radical (unpaired) electrons. The van der Waals surface area contributed by atoms with E-state index in [-0.39, 0.29) is 6.10 Å². The topological polar surface area (TPSA) is 20.2 Å². The Morgan fingerprint density at radius 2 is 2.36 bits per heavy atom. The molecular weight excluding hydrogens is 156 g/mol. The molecule has 1 aliphatic carbocycles. The highest BCUT2D eigenvalue weighted by Crippen LogP contribution is 2.29. The van der Waals surface area contributed by atoms with Crippen molar-refractivity contribution >= 4 is 11.3 Å². The number of allylic oxidation sites excluding steroid dienone is 1. The van der Waals surface area contributed by atoms with Crippen molar-refractivity contribution in [3.05, 3.63) is 34.5 Å². The third-order valence-corrected chi connectivity index (χ3v) is 2.73. The first-order valence-electron chi connectivity index (χ1n) is 3.75. The monoisotopic (exact) mass is 166 g/mol. The lowest BCUT2D eigenvalue weighted by molar-refractivity contribution is 0.218. The molecule has 0 spiro atoms. The zero-order chi connectivity index (χ0) is 7.68. The second kappa shape index (κ2) is 2.80. The number of aliphatic hydroxyl groups excluding tert-OH is 1. The van der Waals surface area contributed by atoms with Gasteiger partial charge >= 0.3 is 0 Å². The van der Waals surface area contributed by atoms with Gasteiger partial charge < -0.3 is 5.11 Å². The van der Waals surface area contributed by atoms with Crippen LogP contribution in [0.15, 0.2) is 29.0 Å². The van der Waals surface area contributed by atoms with Crippen LogP contribution in [-0.4, -0.2) is 11.2 Å². The van der Waals surface area contributed by atoms with Gasteiger partial charge in [0.15, 0.2) is 0 Å². The number of thiophene rings is 1. The van der Waals surface area contributed by atoms with Crippen molar-refractivity contribution in [1.29, 1.82) is 0 Å². The Bertz CT molecular complexity index is 251. The Balaban J connectivity index is 2.15. The van der Waals surface area contributed by atoms with Crippen molar-refractivity contribution in [3.8, 4) is 0 Å². The van der Waals surface area contributed by atoms with Crippen LogP contribution in [0.3, 0.4) is 0 Å². The smallest absolute Gasteiger partial charge is 0.0730 e. The van der Waals surface area contributed by atoms with E-state index in [1.807, 2.05) is 6.08 Å². The molecular formula is C9H10OS. The van der Waals surface area contributed by atoms with Gasteiger partial charge in [-0.25, -0.2) is 0 Å². The van der Waals surface area contributed by atoms with E-state index >= 15 is 0 Å². The molecule has 2 atom stereocenters. The van der Waals surface area contributed by atoms with Crippen LogP contribution in [0.2, 0.25) is 0 Å². The molecule has 2 rings (SSSR count). The largest absolute Gasteiger partial charge is 0.389 e. The Labute approximate surface area is 70.0 Å². The quantitative estimate of drug-likeness (QED) is 0.634. The fourth-order valence-corrected chi connectivity index (χ4v) is 2.14.